The van der Waals surface area contributed by atoms with E-state index in [2.05, 4.69) is 32.2 Å². The van der Waals surface area contributed by atoms with E-state index in [1.807, 2.05) is 0 Å². The summed E-state index contributed by atoms with van der Waals surface area (Å²) in [5.41, 5.74) is 1.35. The molecule has 1 atom stereocenters. The SMILES string of the molecule is CCCc1sc(C(=O)NC(C)C2CC2)cc1CC. The summed E-state index contributed by atoms with van der Waals surface area (Å²) in [6, 6.07) is 2.42. The van der Waals surface area contributed by atoms with Crippen LogP contribution >= 0.6 is 11.3 Å². The average molecular weight is 265 g/mol. The Morgan fingerprint density at radius 1 is 1.50 bits per heavy atom. The van der Waals surface area contributed by atoms with Gasteiger partial charge in [0, 0.05) is 10.9 Å². The van der Waals surface area contributed by atoms with Gasteiger partial charge in [-0.3, -0.25) is 4.79 Å². The van der Waals surface area contributed by atoms with Crippen LogP contribution in [-0.2, 0) is 12.8 Å². The number of hydrogen-bond acceptors (Lipinski definition) is 2. The smallest absolute Gasteiger partial charge is 0.261 e. The topological polar surface area (TPSA) is 29.1 Å². The van der Waals surface area contributed by atoms with Gasteiger partial charge in [0.15, 0.2) is 0 Å². The Labute approximate surface area is 114 Å². The number of rotatable bonds is 6. The van der Waals surface area contributed by atoms with Gasteiger partial charge in [-0.25, -0.2) is 0 Å². The molecule has 1 aromatic heterocycles. The molecule has 2 nitrogen and oxygen atoms in total. The molecule has 1 saturated carbocycles. The van der Waals surface area contributed by atoms with Crippen LogP contribution in [0.4, 0.5) is 0 Å². The number of thiophene rings is 1. The molecule has 1 fully saturated rings. The van der Waals surface area contributed by atoms with Gasteiger partial charge in [0.25, 0.3) is 5.91 Å². The highest BCUT2D eigenvalue weighted by atomic mass is 32.1. The number of aryl methyl sites for hydroxylation is 2. The number of nitrogens with one attached hydrogen (secondary N) is 1. The van der Waals surface area contributed by atoms with Gasteiger partial charge in [-0.2, -0.15) is 0 Å². The van der Waals surface area contributed by atoms with E-state index >= 15 is 0 Å². The Bertz CT molecular complexity index is 420. The van der Waals surface area contributed by atoms with E-state index in [-0.39, 0.29) is 5.91 Å². The summed E-state index contributed by atoms with van der Waals surface area (Å²) >= 11 is 1.68. The van der Waals surface area contributed by atoms with Crippen LogP contribution < -0.4 is 5.32 Å². The Kier molecular flexibility index (Phi) is 4.44. The Morgan fingerprint density at radius 2 is 2.22 bits per heavy atom. The maximum absolute atomic E-state index is 12.2. The van der Waals surface area contributed by atoms with E-state index in [1.165, 1.54) is 23.3 Å². The van der Waals surface area contributed by atoms with E-state index in [1.54, 1.807) is 11.3 Å². The van der Waals surface area contributed by atoms with Crippen LogP contribution in [0.3, 0.4) is 0 Å². The van der Waals surface area contributed by atoms with Gasteiger partial charge in [-0.1, -0.05) is 20.3 Å². The van der Waals surface area contributed by atoms with Crippen molar-refractivity contribution >= 4 is 17.2 Å². The standard InChI is InChI=1S/C15H23NOS/c1-4-6-13-11(5-2)9-14(18-13)15(17)16-10(3)12-7-8-12/h9-10,12H,4-8H2,1-3H3,(H,16,17). The van der Waals surface area contributed by atoms with Crippen LogP contribution in [0.15, 0.2) is 6.07 Å². The summed E-state index contributed by atoms with van der Waals surface area (Å²) in [4.78, 5) is 14.5. The van der Waals surface area contributed by atoms with E-state index < -0.39 is 0 Å². The third kappa shape index (κ3) is 3.14. The predicted molar refractivity (Wildman–Crippen MR) is 77.3 cm³/mol. The van der Waals surface area contributed by atoms with Gasteiger partial charge in [0.1, 0.15) is 0 Å². The van der Waals surface area contributed by atoms with Crippen LogP contribution in [0.25, 0.3) is 0 Å². The van der Waals surface area contributed by atoms with Crippen molar-refractivity contribution in [2.24, 2.45) is 5.92 Å². The first-order valence-corrected chi connectivity index (χ1v) is 7.89. The van der Waals surface area contributed by atoms with E-state index in [4.69, 9.17) is 0 Å². The molecular formula is C15H23NOS. The van der Waals surface area contributed by atoms with Crippen LogP contribution in [0, 0.1) is 5.92 Å². The monoisotopic (exact) mass is 265 g/mol. The highest BCUT2D eigenvalue weighted by Crippen LogP contribution is 2.32. The lowest BCUT2D eigenvalue weighted by Crippen LogP contribution is -2.33. The highest BCUT2D eigenvalue weighted by Gasteiger charge is 2.29. The summed E-state index contributed by atoms with van der Waals surface area (Å²) in [6.07, 6.45) is 5.81. The fraction of sp³-hybridized carbons (Fsp3) is 0.667. The Balaban J connectivity index is 2.04. The van der Waals surface area contributed by atoms with E-state index in [0.717, 1.165) is 30.1 Å². The van der Waals surface area contributed by atoms with E-state index in [0.29, 0.717) is 6.04 Å². The fourth-order valence-electron chi connectivity index (χ4n) is 2.31. The summed E-state index contributed by atoms with van der Waals surface area (Å²) in [5, 5.41) is 3.14. The Hall–Kier alpha value is -0.830. The molecule has 1 unspecified atom stereocenters. The lowest BCUT2D eigenvalue weighted by Gasteiger charge is -2.11. The molecule has 18 heavy (non-hydrogen) atoms. The van der Waals surface area contributed by atoms with Crippen LogP contribution in [0.2, 0.25) is 0 Å². The molecular weight excluding hydrogens is 242 g/mol. The molecule has 1 aliphatic carbocycles. The quantitative estimate of drug-likeness (QED) is 0.833. The van der Waals surface area contributed by atoms with Gasteiger partial charge < -0.3 is 5.32 Å². The van der Waals surface area contributed by atoms with Gasteiger partial charge in [-0.15, -0.1) is 11.3 Å². The second-order valence-corrected chi connectivity index (χ2v) is 6.40. The summed E-state index contributed by atoms with van der Waals surface area (Å²) < 4.78 is 0. The first kappa shape index (κ1) is 13.6. The van der Waals surface area contributed by atoms with Gasteiger partial charge in [0.05, 0.1) is 4.88 Å². The maximum Gasteiger partial charge on any atom is 0.261 e. The van der Waals surface area contributed by atoms with Crippen molar-refractivity contribution in [1.82, 2.24) is 5.32 Å². The second kappa shape index (κ2) is 5.87. The molecule has 0 aromatic carbocycles. The van der Waals surface area contributed by atoms with E-state index in [9.17, 15) is 4.79 Å². The fourth-order valence-corrected chi connectivity index (χ4v) is 3.57. The van der Waals surface area contributed by atoms with Gasteiger partial charge in [0.2, 0.25) is 0 Å². The van der Waals surface area contributed by atoms with Crippen molar-refractivity contribution in [3.05, 3.63) is 21.4 Å². The molecule has 0 saturated heterocycles. The minimum absolute atomic E-state index is 0.122. The second-order valence-electron chi connectivity index (χ2n) is 5.26. The van der Waals surface area contributed by atoms with Crippen molar-refractivity contribution < 1.29 is 4.79 Å². The van der Waals surface area contributed by atoms with Gasteiger partial charge in [-0.05, 0) is 50.2 Å². The predicted octanol–water partition coefficient (Wildman–Crippen LogP) is 3.79. The molecule has 3 heteroatoms. The molecule has 0 bridgehead atoms. The molecule has 1 heterocycles. The molecule has 0 spiro atoms. The molecule has 100 valence electrons. The van der Waals surface area contributed by atoms with Crippen LogP contribution in [-0.4, -0.2) is 11.9 Å². The average Bonchev–Trinajstić information content (AvgIpc) is 3.11. The zero-order valence-corrected chi connectivity index (χ0v) is 12.4. The number of carbonyl (C=O) groups excluding carboxylic acids is 1. The minimum atomic E-state index is 0.122. The third-order valence-electron chi connectivity index (χ3n) is 3.67. The molecule has 0 radical (unpaired) electrons. The minimum Gasteiger partial charge on any atom is -0.349 e. The first-order chi connectivity index (χ1) is 8.65. The van der Waals surface area contributed by atoms with Gasteiger partial charge >= 0.3 is 0 Å². The van der Waals surface area contributed by atoms with Crippen molar-refractivity contribution in [3.8, 4) is 0 Å². The highest BCUT2D eigenvalue weighted by molar-refractivity contribution is 7.14. The lowest BCUT2D eigenvalue weighted by molar-refractivity contribution is 0.0940. The number of carbonyl (C=O) groups is 1. The lowest BCUT2D eigenvalue weighted by atomic mass is 10.1. The number of amides is 1. The maximum atomic E-state index is 12.2. The largest absolute Gasteiger partial charge is 0.349 e. The van der Waals surface area contributed by atoms with Crippen molar-refractivity contribution in [3.63, 3.8) is 0 Å². The van der Waals surface area contributed by atoms with Crippen molar-refractivity contribution in [2.45, 2.75) is 58.9 Å². The summed E-state index contributed by atoms with van der Waals surface area (Å²) in [5.74, 6) is 0.839. The summed E-state index contributed by atoms with van der Waals surface area (Å²) in [7, 11) is 0. The Morgan fingerprint density at radius 3 is 2.78 bits per heavy atom. The van der Waals surface area contributed by atoms with Crippen LogP contribution in [0.5, 0.6) is 0 Å². The number of hydrogen-bond donors (Lipinski definition) is 1. The third-order valence-corrected chi connectivity index (χ3v) is 4.90. The van der Waals surface area contributed by atoms with Crippen molar-refractivity contribution in [1.29, 1.82) is 0 Å². The molecule has 1 amide bonds. The molecule has 1 N–H and O–H groups in total. The molecule has 0 aliphatic heterocycles. The zero-order valence-electron chi connectivity index (χ0n) is 11.6. The normalized spacial score (nSPS) is 16.6. The van der Waals surface area contributed by atoms with Crippen LogP contribution in [0.1, 0.15) is 60.1 Å². The molecule has 1 aromatic rings. The van der Waals surface area contributed by atoms with Crippen molar-refractivity contribution in [2.75, 3.05) is 0 Å². The zero-order chi connectivity index (χ0) is 13.1. The molecule has 1 aliphatic rings. The summed E-state index contributed by atoms with van der Waals surface area (Å²) in [6.45, 7) is 6.47. The first-order valence-electron chi connectivity index (χ1n) is 7.08. The molecule has 2 rings (SSSR count).